The third kappa shape index (κ3) is 1.67. The van der Waals surface area contributed by atoms with Gasteiger partial charge in [0.1, 0.15) is 0 Å². The highest BCUT2D eigenvalue weighted by atomic mass is 32.2. The number of hydrogen-bond donors (Lipinski definition) is 0. The van der Waals surface area contributed by atoms with Crippen LogP contribution >= 0.6 is 0 Å². The second-order valence-corrected chi connectivity index (χ2v) is 4.85. The Kier molecular flexibility index (Phi) is 2.82. The van der Waals surface area contributed by atoms with Gasteiger partial charge < -0.3 is 0 Å². The number of hydrogen-bond acceptors (Lipinski definition) is 1. The van der Waals surface area contributed by atoms with Gasteiger partial charge in [0.2, 0.25) is 0 Å². The molecule has 1 aromatic carbocycles. The molecule has 1 unspecified atom stereocenters. The molecule has 1 nitrogen and oxygen atoms in total. The molecule has 1 atom stereocenters. The minimum absolute atomic E-state index is 0.867. The SMILES string of the molecule is CCCCC1=c2ccccc2=CS1=O. The van der Waals surface area contributed by atoms with Gasteiger partial charge in [0, 0.05) is 10.3 Å². The van der Waals surface area contributed by atoms with E-state index in [-0.39, 0.29) is 0 Å². The first kappa shape index (κ1) is 9.66. The summed E-state index contributed by atoms with van der Waals surface area (Å²) in [6, 6.07) is 8.12. The molecule has 0 saturated carbocycles. The lowest BCUT2D eigenvalue weighted by atomic mass is 10.2. The molecule has 0 radical (unpaired) electrons. The second-order valence-electron chi connectivity index (χ2n) is 3.53. The first-order chi connectivity index (χ1) is 6.83. The zero-order valence-corrected chi connectivity index (χ0v) is 9.14. The maximum Gasteiger partial charge on any atom is 0.0747 e. The summed E-state index contributed by atoms with van der Waals surface area (Å²) < 4.78 is 11.8. The molecule has 0 spiro atoms. The fourth-order valence-corrected chi connectivity index (χ4v) is 3.05. The molecule has 74 valence electrons. The molecule has 0 fully saturated rings. The predicted molar refractivity (Wildman–Crippen MR) is 61.2 cm³/mol. The van der Waals surface area contributed by atoms with Crippen LogP contribution in [0.4, 0.5) is 0 Å². The van der Waals surface area contributed by atoms with Crippen molar-refractivity contribution in [1.29, 1.82) is 0 Å². The summed E-state index contributed by atoms with van der Waals surface area (Å²) in [4.78, 5) is 1.11. The monoisotopic (exact) mass is 206 g/mol. The largest absolute Gasteiger partial charge is 0.250 e. The average Bonchev–Trinajstić information content (AvgIpc) is 2.51. The van der Waals surface area contributed by atoms with E-state index in [0.717, 1.165) is 29.4 Å². The van der Waals surface area contributed by atoms with Crippen molar-refractivity contribution in [3.63, 3.8) is 0 Å². The lowest BCUT2D eigenvalue weighted by Crippen LogP contribution is -2.21. The van der Waals surface area contributed by atoms with Crippen molar-refractivity contribution < 1.29 is 4.21 Å². The summed E-state index contributed by atoms with van der Waals surface area (Å²) in [5, 5.41) is 4.19. The van der Waals surface area contributed by atoms with Crippen LogP contribution in [0.3, 0.4) is 0 Å². The molecule has 14 heavy (non-hydrogen) atoms. The summed E-state index contributed by atoms with van der Waals surface area (Å²) in [5.74, 6) is 0. The minimum Gasteiger partial charge on any atom is -0.250 e. The number of unbranched alkanes of at least 4 members (excludes halogenated alkanes) is 1. The van der Waals surface area contributed by atoms with E-state index in [1.807, 2.05) is 23.6 Å². The smallest absolute Gasteiger partial charge is 0.0747 e. The van der Waals surface area contributed by atoms with Gasteiger partial charge in [-0.15, -0.1) is 0 Å². The zero-order valence-electron chi connectivity index (χ0n) is 8.32. The Morgan fingerprint density at radius 2 is 2.07 bits per heavy atom. The van der Waals surface area contributed by atoms with Crippen molar-refractivity contribution in [2.75, 3.05) is 0 Å². The van der Waals surface area contributed by atoms with Gasteiger partial charge in [-0.05, 0) is 23.3 Å². The molecule has 1 heterocycles. The van der Waals surface area contributed by atoms with Gasteiger partial charge in [0.05, 0.1) is 10.8 Å². The standard InChI is InChI=1S/C12H14OS/c1-2-3-8-12-11-7-5-4-6-10(11)9-14(12)13/h4-7,9H,2-3,8H2,1H3. The molecule has 1 aliphatic rings. The van der Waals surface area contributed by atoms with Crippen molar-refractivity contribution in [2.24, 2.45) is 0 Å². The zero-order chi connectivity index (χ0) is 9.97. The van der Waals surface area contributed by atoms with Crippen molar-refractivity contribution >= 4 is 21.1 Å². The van der Waals surface area contributed by atoms with E-state index in [4.69, 9.17) is 0 Å². The Morgan fingerprint density at radius 3 is 2.86 bits per heavy atom. The highest BCUT2D eigenvalue weighted by Gasteiger charge is 2.11. The number of rotatable bonds is 3. The molecule has 0 aliphatic carbocycles. The third-order valence-corrected chi connectivity index (χ3v) is 3.87. The Hall–Kier alpha value is -0.890. The van der Waals surface area contributed by atoms with E-state index in [9.17, 15) is 4.21 Å². The molecule has 2 heteroatoms. The van der Waals surface area contributed by atoms with Crippen molar-refractivity contribution in [1.82, 2.24) is 0 Å². The normalized spacial score (nSPS) is 19.2. The van der Waals surface area contributed by atoms with Gasteiger partial charge in [-0.1, -0.05) is 37.6 Å². The van der Waals surface area contributed by atoms with Gasteiger partial charge in [0.25, 0.3) is 0 Å². The van der Waals surface area contributed by atoms with Gasteiger partial charge in [-0.25, -0.2) is 4.21 Å². The van der Waals surface area contributed by atoms with E-state index < -0.39 is 10.8 Å². The van der Waals surface area contributed by atoms with Crippen LogP contribution in [0.2, 0.25) is 0 Å². The van der Waals surface area contributed by atoms with Crippen LogP contribution in [-0.4, -0.2) is 4.21 Å². The summed E-state index contributed by atoms with van der Waals surface area (Å²) in [6.45, 7) is 2.16. The summed E-state index contributed by atoms with van der Waals surface area (Å²) in [5.41, 5.74) is 0. The average molecular weight is 206 g/mol. The molecular weight excluding hydrogens is 192 g/mol. The molecule has 0 bridgehead atoms. The maximum absolute atomic E-state index is 11.8. The van der Waals surface area contributed by atoms with E-state index in [0.29, 0.717) is 0 Å². The van der Waals surface area contributed by atoms with Crippen LogP contribution in [0, 0.1) is 0 Å². The summed E-state index contributed by atoms with van der Waals surface area (Å²) >= 11 is 0. The van der Waals surface area contributed by atoms with Gasteiger partial charge in [-0.2, -0.15) is 0 Å². The van der Waals surface area contributed by atoms with Crippen LogP contribution in [0.5, 0.6) is 0 Å². The van der Waals surface area contributed by atoms with Gasteiger partial charge >= 0.3 is 0 Å². The molecule has 1 aromatic rings. The van der Waals surface area contributed by atoms with E-state index >= 15 is 0 Å². The highest BCUT2D eigenvalue weighted by molar-refractivity contribution is 8.01. The Bertz CT molecular complexity index is 473. The first-order valence-electron chi connectivity index (χ1n) is 5.03. The predicted octanol–water partition coefficient (Wildman–Crippen LogP) is 1.49. The molecule has 0 saturated heterocycles. The minimum atomic E-state index is -0.867. The van der Waals surface area contributed by atoms with Crippen LogP contribution in [0.1, 0.15) is 26.2 Å². The topological polar surface area (TPSA) is 17.1 Å². The number of fused-ring (bicyclic) bond motifs is 1. The summed E-state index contributed by atoms with van der Waals surface area (Å²) in [6.07, 6.45) is 3.25. The first-order valence-corrected chi connectivity index (χ1v) is 6.25. The second kappa shape index (κ2) is 4.09. The summed E-state index contributed by atoms with van der Waals surface area (Å²) in [7, 11) is -0.867. The van der Waals surface area contributed by atoms with Crippen molar-refractivity contribution in [2.45, 2.75) is 26.2 Å². The molecule has 0 amide bonds. The molecule has 0 N–H and O–H groups in total. The maximum atomic E-state index is 11.8. The fourth-order valence-electron chi connectivity index (χ4n) is 1.72. The molecule has 0 aromatic heterocycles. The van der Waals surface area contributed by atoms with E-state index in [2.05, 4.69) is 13.0 Å². The lowest BCUT2D eigenvalue weighted by molar-refractivity contribution is 0.693. The van der Waals surface area contributed by atoms with Crippen LogP contribution in [0.15, 0.2) is 24.3 Å². The third-order valence-electron chi connectivity index (χ3n) is 2.50. The molecular formula is C12H14OS. The number of benzene rings is 1. The highest BCUT2D eigenvalue weighted by Crippen LogP contribution is 2.14. The van der Waals surface area contributed by atoms with Crippen LogP contribution < -0.4 is 10.4 Å². The van der Waals surface area contributed by atoms with Crippen molar-refractivity contribution in [3.05, 3.63) is 34.7 Å². The van der Waals surface area contributed by atoms with Crippen LogP contribution in [0.25, 0.3) is 10.3 Å². The van der Waals surface area contributed by atoms with Gasteiger partial charge in [-0.3, -0.25) is 0 Å². The molecule has 1 aliphatic heterocycles. The quantitative estimate of drug-likeness (QED) is 0.732. The van der Waals surface area contributed by atoms with Gasteiger partial charge in [0.15, 0.2) is 0 Å². The van der Waals surface area contributed by atoms with E-state index in [1.54, 1.807) is 0 Å². The Labute approximate surface area is 86.6 Å². The Morgan fingerprint density at radius 1 is 1.29 bits per heavy atom. The van der Waals surface area contributed by atoms with Crippen molar-refractivity contribution in [3.8, 4) is 0 Å². The van der Waals surface area contributed by atoms with Crippen LogP contribution in [-0.2, 0) is 10.8 Å². The Balaban J connectivity index is 2.50. The molecule has 2 rings (SSSR count). The lowest BCUT2D eigenvalue weighted by Gasteiger charge is -1.98. The fraction of sp³-hybridized carbons (Fsp3) is 0.333. The van der Waals surface area contributed by atoms with E-state index in [1.165, 1.54) is 5.22 Å².